The molecule has 76 valence electrons. The number of halogens is 3. The summed E-state index contributed by atoms with van der Waals surface area (Å²) >= 11 is 0. The SMILES string of the molecule is CNC1OCN(C(F)(F)F)C1C=O. The zero-order valence-electron chi connectivity index (χ0n) is 6.84. The fourth-order valence-electron chi connectivity index (χ4n) is 1.15. The summed E-state index contributed by atoms with van der Waals surface area (Å²) in [5, 5.41) is 2.47. The summed E-state index contributed by atoms with van der Waals surface area (Å²) in [5.74, 6) is 0. The van der Waals surface area contributed by atoms with Gasteiger partial charge in [0.05, 0.1) is 0 Å². The predicted octanol–water partition coefficient (Wildman–Crippen LogP) is -0.0911. The fraction of sp³-hybridized carbons (Fsp3) is 0.833. The number of nitrogens with one attached hydrogen (secondary N) is 1. The van der Waals surface area contributed by atoms with E-state index in [4.69, 9.17) is 4.74 Å². The normalized spacial score (nSPS) is 30.8. The summed E-state index contributed by atoms with van der Waals surface area (Å²) in [5.41, 5.74) is 0. The van der Waals surface area contributed by atoms with Crippen molar-refractivity contribution >= 4 is 6.29 Å². The third-order valence-electron chi connectivity index (χ3n) is 1.81. The second-order valence-electron chi connectivity index (χ2n) is 2.57. The van der Waals surface area contributed by atoms with Crippen molar-refractivity contribution < 1.29 is 22.7 Å². The summed E-state index contributed by atoms with van der Waals surface area (Å²) in [4.78, 5) is 10.4. The standard InChI is InChI=1S/C6H9F3N2O2/c1-10-5-4(2-12)11(3-13-5)6(7,8)9/h2,4-5,10H,3H2,1H3. The molecular weight excluding hydrogens is 189 g/mol. The molecule has 0 aliphatic carbocycles. The number of rotatable bonds is 2. The lowest BCUT2D eigenvalue weighted by Crippen LogP contribution is -2.48. The lowest BCUT2D eigenvalue weighted by molar-refractivity contribution is -0.253. The van der Waals surface area contributed by atoms with E-state index in [-0.39, 0.29) is 11.2 Å². The Morgan fingerprint density at radius 3 is 2.62 bits per heavy atom. The van der Waals surface area contributed by atoms with Crippen LogP contribution in [0, 0.1) is 0 Å². The Balaban J connectivity index is 2.73. The molecule has 0 aromatic heterocycles. The first kappa shape index (κ1) is 10.4. The molecule has 13 heavy (non-hydrogen) atoms. The largest absolute Gasteiger partial charge is 0.462 e. The van der Waals surface area contributed by atoms with Crippen molar-refractivity contribution in [3.8, 4) is 0 Å². The average Bonchev–Trinajstić information content (AvgIpc) is 2.45. The molecule has 1 N–H and O–H groups in total. The van der Waals surface area contributed by atoms with Gasteiger partial charge in [-0.3, -0.25) is 5.32 Å². The van der Waals surface area contributed by atoms with Gasteiger partial charge in [0.15, 0.2) is 0 Å². The zero-order valence-corrected chi connectivity index (χ0v) is 6.84. The predicted molar refractivity (Wildman–Crippen MR) is 36.5 cm³/mol. The highest BCUT2D eigenvalue weighted by Gasteiger charge is 2.49. The van der Waals surface area contributed by atoms with Crippen molar-refractivity contribution in [3.05, 3.63) is 0 Å². The quantitative estimate of drug-likeness (QED) is 0.497. The van der Waals surface area contributed by atoms with E-state index in [2.05, 4.69) is 5.32 Å². The van der Waals surface area contributed by atoms with E-state index in [1.54, 1.807) is 0 Å². The van der Waals surface area contributed by atoms with Crippen molar-refractivity contribution in [3.63, 3.8) is 0 Å². The molecule has 7 heteroatoms. The smallest absolute Gasteiger partial charge is 0.346 e. The summed E-state index contributed by atoms with van der Waals surface area (Å²) in [7, 11) is 1.43. The highest BCUT2D eigenvalue weighted by atomic mass is 19.4. The highest BCUT2D eigenvalue weighted by molar-refractivity contribution is 5.59. The molecule has 1 heterocycles. The van der Waals surface area contributed by atoms with Gasteiger partial charge in [0.1, 0.15) is 25.3 Å². The van der Waals surface area contributed by atoms with Crippen LogP contribution in [0.15, 0.2) is 0 Å². The maximum absolute atomic E-state index is 12.2. The van der Waals surface area contributed by atoms with Crippen LogP contribution in [0.4, 0.5) is 13.2 Å². The number of hydrogen-bond donors (Lipinski definition) is 1. The third-order valence-corrected chi connectivity index (χ3v) is 1.81. The van der Waals surface area contributed by atoms with Crippen LogP contribution in [0.2, 0.25) is 0 Å². The van der Waals surface area contributed by atoms with Crippen molar-refractivity contribution in [2.45, 2.75) is 18.6 Å². The third kappa shape index (κ3) is 1.98. The molecule has 1 saturated heterocycles. The van der Waals surface area contributed by atoms with Gasteiger partial charge in [-0.2, -0.15) is 18.1 Å². The Morgan fingerprint density at radius 1 is 1.62 bits per heavy atom. The molecule has 1 rings (SSSR count). The van der Waals surface area contributed by atoms with Gasteiger partial charge in [0, 0.05) is 0 Å². The van der Waals surface area contributed by atoms with Gasteiger partial charge < -0.3 is 9.53 Å². The van der Waals surface area contributed by atoms with E-state index in [0.717, 1.165) is 0 Å². The second kappa shape index (κ2) is 3.60. The van der Waals surface area contributed by atoms with E-state index in [0.29, 0.717) is 0 Å². The molecule has 4 nitrogen and oxygen atoms in total. The van der Waals surface area contributed by atoms with Gasteiger partial charge in [0.25, 0.3) is 0 Å². The van der Waals surface area contributed by atoms with E-state index in [1.807, 2.05) is 0 Å². The van der Waals surface area contributed by atoms with E-state index < -0.39 is 25.3 Å². The van der Waals surface area contributed by atoms with E-state index in [9.17, 15) is 18.0 Å². The molecule has 2 unspecified atom stereocenters. The molecule has 0 radical (unpaired) electrons. The van der Waals surface area contributed by atoms with Crippen LogP contribution in [0.25, 0.3) is 0 Å². The first-order chi connectivity index (χ1) is 6.00. The molecule has 1 aliphatic heterocycles. The van der Waals surface area contributed by atoms with Crippen LogP contribution in [-0.2, 0) is 9.53 Å². The number of nitrogens with zero attached hydrogens (tertiary/aromatic N) is 1. The first-order valence-corrected chi connectivity index (χ1v) is 3.58. The second-order valence-corrected chi connectivity index (χ2v) is 2.57. The Kier molecular flexibility index (Phi) is 2.89. The monoisotopic (exact) mass is 198 g/mol. The van der Waals surface area contributed by atoms with Crippen molar-refractivity contribution in [1.82, 2.24) is 10.2 Å². The summed E-state index contributed by atoms with van der Waals surface area (Å²) in [6.45, 7) is -0.613. The maximum atomic E-state index is 12.2. The molecule has 2 atom stereocenters. The molecule has 0 bridgehead atoms. The minimum atomic E-state index is -4.53. The van der Waals surface area contributed by atoms with Crippen LogP contribution in [0.3, 0.4) is 0 Å². The van der Waals surface area contributed by atoms with Gasteiger partial charge in [-0.05, 0) is 7.05 Å². The lowest BCUT2D eigenvalue weighted by atomic mass is 10.3. The van der Waals surface area contributed by atoms with Crippen molar-refractivity contribution in [1.29, 1.82) is 0 Å². The fourth-order valence-corrected chi connectivity index (χ4v) is 1.15. The minimum absolute atomic E-state index is 0.0428. The molecule has 0 aromatic carbocycles. The van der Waals surface area contributed by atoms with Crippen LogP contribution >= 0.6 is 0 Å². The van der Waals surface area contributed by atoms with Crippen molar-refractivity contribution in [2.75, 3.05) is 13.8 Å². The minimum Gasteiger partial charge on any atom is -0.346 e. The maximum Gasteiger partial charge on any atom is 0.462 e. The van der Waals surface area contributed by atoms with E-state index >= 15 is 0 Å². The van der Waals surface area contributed by atoms with Gasteiger partial charge >= 0.3 is 6.30 Å². The van der Waals surface area contributed by atoms with Gasteiger partial charge in [-0.1, -0.05) is 0 Å². The Morgan fingerprint density at radius 2 is 2.23 bits per heavy atom. The van der Waals surface area contributed by atoms with Crippen molar-refractivity contribution in [2.24, 2.45) is 0 Å². The number of carbonyl (C=O) groups excluding carboxylic acids is 1. The van der Waals surface area contributed by atoms with Gasteiger partial charge in [-0.25, -0.2) is 0 Å². The number of hydrogen-bond acceptors (Lipinski definition) is 4. The first-order valence-electron chi connectivity index (χ1n) is 3.58. The van der Waals surface area contributed by atoms with Gasteiger partial charge in [-0.15, -0.1) is 0 Å². The Labute approximate surface area is 72.6 Å². The lowest BCUT2D eigenvalue weighted by Gasteiger charge is -2.22. The summed E-state index contributed by atoms with van der Waals surface area (Å²) in [6.07, 6.45) is -5.20. The van der Waals surface area contributed by atoms with Crippen LogP contribution in [-0.4, -0.2) is 43.5 Å². The van der Waals surface area contributed by atoms with E-state index in [1.165, 1.54) is 7.05 Å². The number of ether oxygens (including phenoxy) is 1. The molecule has 1 fully saturated rings. The Bertz CT molecular complexity index is 197. The summed E-state index contributed by atoms with van der Waals surface area (Å²) < 4.78 is 41.2. The highest BCUT2D eigenvalue weighted by Crippen LogP contribution is 2.28. The molecule has 0 spiro atoms. The number of likely N-dealkylation sites (N-methyl/N-ethyl adjacent to an activating group) is 1. The van der Waals surface area contributed by atoms with Gasteiger partial charge in [0.2, 0.25) is 0 Å². The number of aldehydes is 1. The summed E-state index contributed by atoms with van der Waals surface area (Å²) in [6, 6.07) is -1.30. The zero-order chi connectivity index (χ0) is 10.1. The molecular formula is C6H9F3N2O2. The van der Waals surface area contributed by atoms with Crippen LogP contribution < -0.4 is 5.32 Å². The molecule has 0 aromatic rings. The molecule has 0 amide bonds. The number of carbonyl (C=O) groups is 1. The Hall–Kier alpha value is -0.660. The molecule has 1 aliphatic rings. The average molecular weight is 198 g/mol. The van der Waals surface area contributed by atoms with Crippen LogP contribution in [0.5, 0.6) is 0 Å². The van der Waals surface area contributed by atoms with Crippen LogP contribution in [0.1, 0.15) is 0 Å². The topological polar surface area (TPSA) is 41.6 Å². The number of alkyl halides is 3. The molecule has 0 saturated carbocycles.